The third kappa shape index (κ3) is 8.19. The molecule has 3 rings (SSSR count). The summed E-state index contributed by atoms with van der Waals surface area (Å²) < 4.78 is 63.8. The van der Waals surface area contributed by atoms with Gasteiger partial charge in [0.15, 0.2) is 22.3 Å². The number of aromatic hydroxyl groups is 1. The first kappa shape index (κ1) is 31.4. The number of hydrogen-bond donors (Lipinski definition) is 4. The average Bonchev–Trinajstić information content (AvgIpc) is 2.91. The zero-order chi connectivity index (χ0) is 30.4. The summed E-state index contributed by atoms with van der Waals surface area (Å²) in [4.78, 5) is 11.8. The SMILES string of the molecule is CC(C)OC(=O)COc1cc(-c2ccccc2S(C)(=O)=O)ccc1CCNS(=O)(=O)c1cc(/C(N)=N/O)ccc1O. The summed E-state index contributed by atoms with van der Waals surface area (Å²) in [5, 5.41) is 21.8. The van der Waals surface area contributed by atoms with Crippen LogP contribution < -0.4 is 15.2 Å². The van der Waals surface area contributed by atoms with Gasteiger partial charge in [-0.25, -0.2) is 26.4 Å². The molecule has 3 aromatic rings. The lowest BCUT2D eigenvalue weighted by atomic mass is 10.0. The van der Waals surface area contributed by atoms with Gasteiger partial charge in [0.1, 0.15) is 16.4 Å². The number of carbonyl (C=O) groups is 1. The molecule has 0 radical (unpaired) electrons. The highest BCUT2D eigenvalue weighted by Gasteiger charge is 2.21. The normalized spacial score (nSPS) is 12.3. The van der Waals surface area contributed by atoms with Crippen LogP contribution in [0, 0.1) is 0 Å². The van der Waals surface area contributed by atoms with E-state index in [1.165, 1.54) is 12.1 Å². The topological polar surface area (TPSA) is 195 Å². The highest BCUT2D eigenvalue weighted by molar-refractivity contribution is 7.91. The summed E-state index contributed by atoms with van der Waals surface area (Å²) in [6.45, 7) is 2.82. The molecule has 0 unspecified atom stereocenters. The fourth-order valence-electron chi connectivity index (χ4n) is 3.87. The quantitative estimate of drug-likeness (QED) is 0.0783. The third-order valence-corrected chi connectivity index (χ3v) is 8.36. The monoisotopic (exact) mass is 605 g/mol. The largest absolute Gasteiger partial charge is 0.507 e. The van der Waals surface area contributed by atoms with E-state index in [1.54, 1.807) is 50.2 Å². The molecule has 0 fully saturated rings. The number of ether oxygens (including phenoxy) is 2. The smallest absolute Gasteiger partial charge is 0.344 e. The Morgan fingerprint density at radius 3 is 2.39 bits per heavy atom. The molecule has 0 saturated carbocycles. The number of oxime groups is 1. The van der Waals surface area contributed by atoms with Crippen LogP contribution >= 0.6 is 0 Å². The Labute approximate surface area is 238 Å². The number of hydrogen-bond acceptors (Lipinski definition) is 10. The fourth-order valence-corrected chi connectivity index (χ4v) is 5.93. The van der Waals surface area contributed by atoms with E-state index in [-0.39, 0.29) is 41.1 Å². The van der Waals surface area contributed by atoms with Crippen molar-refractivity contribution in [3.63, 3.8) is 0 Å². The Morgan fingerprint density at radius 1 is 1.02 bits per heavy atom. The standard InChI is InChI=1S/C27H31N3O9S2/c1-17(2)39-26(32)16-38-23-14-19(21-6-4-5-7-24(21)40(3,34)35)9-8-18(23)12-13-29-41(36,37)25-15-20(27(28)30-33)10-11-22(25)31/h4-11,14-15,17,29,31,33H,12-13,16H2,1-3H3,(H2,28,30). The molecule has 41 heavy (non-hydrogen) atoms. The lowest BCUT2D eigenvalue weighted by Gasteiger charge is -2.16. The number of carbonyl (C=O) groups excluding carboxylic acids is 1. The minimum Gasteiger partial charge on any atom is -0.507 e. The lowest BCUT2D eigenvalue weighted by Crippen LogP contribution is -2.27. The Hall–Kier alpha value is -4.14. The number of sulfonamides is 1. The fraction of sp³-hybridized carbons (Fsp3) is 0.259. The van der Waals surface area contributed by atoms with E-state index < -0.39 is 43.1 Å². The minimum absolute atomic E-state index is 0.0830. The van der Waals surface area contributed by atoms with Crippen molar-refractivity contribution in [1.82, 2.24) is 4.72 Å². The number of rotatable bonds is 12. The van der Waals surface area contributed by atoms with Crippen molar-refractivity contribution in [2.45, 2.75) is 36.2 Å². The van der Waals surface area contributed by atoms with Crippen molar-refractivity contribution in [3.05, 3.63) is 71.8 Å². The Balaban J connectivity index is 1.90. The minimum atomic E-state index is -4.22. The second-order valence-electron chi connectivity index (χ2n) is 9.23. The summed E-state index contributed by atoms with van der Waals surface area (Å²) in [6, 6.07) is 14.8. The van der Waals surface area contributed by atoms with Gasteiger partial charge < -0.3 is 25.5 Å². The molecule has 0 atom stereocenters. The number of phenols is 1. The second-order valence-corrected chi connectivity index (χ2v) is 13.0. The number of nitrogens with two attached hydrogens (primary N) is 1. The van der Waals surface area contributed by atoms with E-state index in [4.69, 9.17) is 20.4 Å². The van der Waals surface area contributed by atoms with Gasteiger partial charge in [-0.1, -0.05) is 35.5 Å². The Kier molecular flexibility index (Phi) is 9.97. The maximum atomic E-state index is 12.9. The first-order valence-electron chi connectivity index (χ1n) is 12.3. The van der Waals surface area contributed by atoms with Crippen molar-refractivity contribution >= 4 is 31.7 Å². The zero-order valence-corrected chi connectivity index (χ0v) is 24.2. The molecule has 0 aromatic heterocycles. The predicted molar refractivity (Wildman–Crippen MR) is 151 cm³/mol. The molecule has 5 N–H and O–H groups in total. The number of sulfone groups is 1. The van der Waals surface area contributed by atoms with E-state index in [9.17, 15) is 26.7 Å². The number of nitrogens with zero attached hydrogens (tertiary/aromatic N) is 1. The van der Waals surface area contributed by atoms with Gasteiger partial charge in [0.05, 0.1) is 11.0 Å². The molecule has 0 spiro atoms. The zero-order valence-electron chi connectivity index (χ0n) is 22.6. The van der Waals surface area contributed by atoms with Crippen LogP contribution in [0.3, 0.4) is 0 Å². The molecule has 12 nitrogen and oxygen atoms in total. The van der Waals surface area contributed by atoms with Crippen molar-refractivity contribution in [1.29, 1.82) is 0 Å². The molecule has 220 valence electrons. The van der Waals surface area contributed by atoms with Gasteiger partial charge >= 0.3 is 5.97 Å². The number of amidine groups is 1. The molecule has 0 aliphatic carbocycles. The number of benzene rings is 3. The van der Waals surface area contributed by atoms with Crippen LogP contribution in [0.1, 0.15) is 25.0 Å². The van der Waals surface area contributed by atoms with Gasteiger partial charge in [-0.2, -0.15) is 0 Å². The molecule has 0 aliphatic rings. The summed E-state index contributed by atoms with van der Waals surface area (Å²) in [5.74, 6) is -1.26. The maximum absolute atomic E-state index is 12.9. The van der Waals surface area contributed by atoms with Crippen molar-refractivity contribution in [2.75, 3.05) is 19.4 Å². The Bertz CT molecular complexity index is 1670. The van der Waals surface area contributed by atoms with Crippen LogP contribution in [0.4, 0.5) is 0 Å². The molecule has 0 bridgehead atoms. The van der Waals surface area contributed by atoms with Gasteiger partial charge in [0.25, 0.3) is 0 Å². The highest BCUT2D eigenvalue weighted by Crippen LogP contribution is 2.32. The van der Waals surface area contributed by atoms with Crippen LogP contribution in [-0.2, 0) is 35.8 Å². The van der Waals surface area contributed by atoms with Crippen LogP contribution in [-0.4, -0.2) is 64.5 Å². The number of nitrogens with one attached hydrogen (secondary N) is 1. The van der Waals surface area contributed by atoms with Gasteiger partial charge in [-0.05, 0) is 61.7 Å². The molecule has 0 saturated heterocycles. The van der Waals surface area contributed by atoms with Crippen LogP contribution in [0.15, 0.2) is 75.6 Å². The first-order chi connectivity index (χ1) is 19.2. The molecule has 3 aromatic carbocycles. The van der Waals surface area contributed by atoms with E-state index in [0.29, 0.717) is 16.7 Å². The maximum Gasteiger partial charge on any atom is 0.344 e. The Morgan fingerprint density at radius 2 is 1.73 bits per heavy atom. The second kappa shape index (κ2) is 13.0. The summed E-state index contributed by atoms with van der Waals surface area (Å²) in [7, 11) is -7.78. The molecule has 14 heteroatoms. The van der Waals surface area contributed by atoms with E-state index in [0.717, 1.165) is 18.4 Å². The molecule has 0 aliphatic heterocycles. The summed E-state index contributed by atoms with van der Waals surface area (Å²) in [6.07, 6.45) is 0.842. The van der Waals surface area contributed by atoms with Crippen molar-refractivity contribution in [2.24, 2.45) is 10.9 Å². The average molecular weight is 606 g/mol. The molecule has 0 heterocycles. The lowest BCUT2D eigenvalue weighted by molar-refractivity contribution is -0.149. The van der Waals surface area contributed by atoms with E-state index in [2.05, 4.69) is 9.88 Å². The predicted octanol–water partition coefficient (Wildman–Crippen LogP) is 2.41. The molecular formula is C27H31N3O9S2. The summed E-state index contributed by atoms with van der Waals surface area (Å²) >= 11 is 0. The number of phenolic OH excluding ortho intramolecular Hbond substituents is 1. The van der Waals surface area contributed by atoms with Crippen LogP contribution in [0.2, 0.25) is 0 Å². The van der Waals surface area contributed by atoms with E-state index in [1.807, 2.05) is 0 Å². The van der Waals surface area contributed by atoms with Crippen LogP contribution in [0.5, 0.6) is 11.5 Å². The van der Waals surface area contributed by atoms with Crippen molar-refractivity contribution in [3.8, 4) is 22.6 Å². The van der Waals surface area contributed by atoms with Gasteiger partial charge in [-0.3, -0.25) is 0 Å². The van der Waals surface area contributed by atoms with Gasteiger partial charge in [0.2, 0.25) is 10.0 Å². The summed E-state index contributed by atoms with van der Waals surface area (Å²) in [5.41, 5.74) is 7.07. The first-order valence-corrected chi connectivity index (χ1v) is 15.7. The van der Waals surface area contributed by atoms with Crippen LogP contribution in [0.25, 0.3) is 11.1 Å². The van der Waals surface area contributed by atoms with Gasteiger partial charge in [-0.15, -0.1) is 0 Å². The number of esters is 1. The third-order valence-electron chi connectivity index (χ3n) is 5.72. The highest BCUT2D eigenvalue weighted by atomic mass is 32.2. The van der Waals surface area contributed by atoms with Crippen molar-refractivity contribution < 1.29 is 41.4 Å². The van der Waals surface area contributed by atoms with Gasteiger partial charge in [0, 0.05) is 23.9 Å². The molecule has 0 amide bonds. The van der Waals surface area contributed by atoms with E-state index >= 15 is 0 Å². The molecular weight excluding hydrogens is 574 g/mol.